The van der Waals surface area contributed by atoms with Crippen molar-refractivity contribution in [2.45, 2.75) is 59.0 Å². The van der Waals surface area contributed by atoms with Gasteiger partial charge in [-0.1, -0.05) is 74.5 Å². The van der Waals surface area contributed by atoms with Gasteiger partial charge in [0.2, 0.25) is 0 Å². The maximum absolute atomic E-state index is 10.6. The highest BCUT2D eigenvalue weighted by Gasteiger charge is 2.30. The molecule has 0 spiro atoms. The van der Waals surface area contributed by atoms with E-state index in [2.05, 4.69) is 0 Å². The quantitative estimate of drug-likeness (QED) is 0.615. The lowest BCUT2D eigenvalue weighted by Gasteiger charge is -2.31. The second-order valence-corrected chi connectivity index (χ2v) is 8.31. The maximum atomic E-state index is 10.6. The van der Waals surface area contributed by atoms with Gasteiger partial charge in [-0.25, -0.2) is 0 Å². The fraction of sp³-hybridized carbons (Fsp3) is 0.435. The Hall–Kier alpha value is -2.21. The average Bonchev–Trinajstić information content (AvgIpc) is 2.53. The molecule has 0 radical (unpaired) electrons. The third-order valence-corrected chi connectivity index (χ3v) is 4.07. The van der Waals surface area contributed by atoms with Gasteiger partial charge in [-0.2, -0.15) is 0 Å². The zero-order chi connectivity index (χ0) is 21.4. The Balaban J connectivity index is 0.000000280. The first-order valence-corrected chi connectivity index (χ1v) is 9.27. The molecule has 0 atom stereocenters. The summed E-state index contributed by atoms with van der Waals surface area (Å²) in [6.07, 6.45) is 1.02. The van der Waals surface area contributed by atoms with E-state index in [1.54, 1.807) is 13.8 Å². The van der Waals surface area contributed by atoms with E-state index in [4.69, 9.17) is 20.1 Å². The molecule has 3 N–H and O–H groups in total. The molecule has 0 fully saturated rings. The minimum atomic E-state index is -2.11. The number of aliphatic hydroxyl groups is 2. The Kier molecular flexibility index (Phi) is 8.36. The fourth-order valence-electron chi connectivity index (χ4n) is 3.00. The second-order valence-electron chi connectivity index (χ2n) is 8.31. The highest BCUT2D eigenvalue weighted by Crippen LogP contribution is 2.28. The smallest absolute Gasteiger partial charge is 0.303 e. The molecule has 28 heavy (non-hydrogen) atoms. The third-order valence-electron chi connectivity index (χ3n) is 4.07. The van der Waals surface area contributed by atoms with Gasteiger partial charge >= 0.3 is 5.97 Å². The summed E-state index contributed by atoms with van der Waals surface area (Å²) in [5.41, 5.74) is 1.19. The number of benzene rings is 2. The highest BCUT2D eigenvalue weighted by atomic mass is 16.8. The van der Waals surface area contributed by atoms with Crippen LogP contribution in [0.2, 0.25) is 0 Å². The summed E-state index contributed by atoms with van der Waals surface area (Å²) in [7, 11) is 0. The van der Waals surface area contributed by atoms with Gasteiger partial charge < -0.3 is 20.1 Å². The van der Waals surface area contributed by atoms with E-state index in [1.165, 1.54) is 12.5 Å². The zero-order valence-electron chi connectivity index (χ0n) is 17.3. The molecule has 154 valence electrons. The van der Waals surface area contributed by atoms with Crippen molar-refractivity contribution >= 4 is 5.97 Å². The number of hydrogen-bond acceptors (Lipinski definition) is 4. The van der Waals surface area contributed by atoms with Crippen LogP contribution < -0.4 is 0 Å². The standard InChI is InChI=1S/C12H16O2.C11H16O3/c1-12(2,9-11(13)14)8-10-6-4-3-5-7-10;1-10(2,14-11(3,12)13)9-7-5-4-6-8-9/h3-7H,8-9H2,1-2H3,(H,13,14);4-8,12-13H,1-3H3. The van der Waals surface area contributed by atoms with Crippen LogP contribution in [0.25, 0.3) is 0 Å². The predicted molar refractivity (Wildman–Crippen MR) is 110 cm³/mol. The monoisotopic (exact) mass is 388 g/mol. The Bertz CT molecular complexity index is 716. The van der Waals surface area contributed by atoms with Gasteiger partial charge in [-0.05, 0) is 36.8 Å². The van der Waals surface area contributed by atoms with Crippen LogP contribution in [0.3, 0.4) is 0 Å². The first kappa shape index (κ1) is 23.8. The van der Waals surface area contributed by atoms with E-state index in [-0.39, 0.29) is 11.8 Å². The normalized spacial score (nSPS) is 12.1. The van der Waals surface area contributed by atoms with Gasteiger partial charge in [-0.15, -0.1) is 0 Å². The van der Waals surface area contributed by atoms with Gasteiger partial charge in [-0.3, -0.25) is 4.79 Å². The van der Waals surface area contributed by atoms with Gasteiger partial charge in [0, 0.05) is 6.92 Å². The van der Waals surface area contributed by atoms with E-state index in [9.17, 15) is 4.79 Å². The molecule has 0 aromatic heterocycles. The molecule has 0 amide bonds. The molecule has 0 aliphatic rings. The molecule has 0 saturated heterocycles. The van der Waals surface area contributed by atoms with Crippen molar-refractivity contribution in [2.24, 2.45) is 5.41 Å². The van der Waals surface area contributed by atoms with Crippen LogP contribution in [-0.4, -0.2) is 27.3 Å². The lowest BCUT2D eigenvalue weighted by molar-refractivity contribution is -0.363. The Morgan fingerprint density at radius 2 is 1.32 bits per heavy atom. The SMILES string of the molecule is CC(C)(CC(=O)O)Cc1ccccc1.CC(O)(O)OC(C)(C)c1ccccc1. The Labute approximate surface area is 167 Å². The van der Waals surface area contributed by atoms with Crippen molar-refractivity contribution < 1.29 is 24.9 Å². The molecule has 2 rings (SSSR count). The average molecular weight is 389 g/mol. The molecule has 0 aliphatic heterocycles. The van der Waals surface area contributed by atoms with Crippen LogP contribution >= 0.6 is 0 Å². The van der Waals surface area contributed by atoms with Gasteiger partial charge in [0.15, 0.2) is 0 Å². The van der Waals surface area contributed by atoms with Crippen LogP contribution in [0.15, 0.2) is 60.7 Å². The first-order valence-electron chi connectivity index (χ1n) is 9.27. The topological polar surface area (TPSA) is 87.0 Å². The lowest BCUT2D eigenvalue weighted by Crippen LogP contribution is -2.37. The number of aliphatic carboxylic acids is 1. The fourth-order valence-corrected chi connectivity index (χ4v) is 3.00. The molecular formula is C23H32O5. The Morgan fingerprint density at radius 1 is 0.857 bits per heavy atom. The minimum Gasteiger partial charge on any atom is -0.481 e. The van der Waals surface area contributed by atoms with E-state index >= 15 is 0 Å². The summed E-state index contributed by atoms with van der Waals surface area (Å²) in [5.74, 6) is -2.84. The molecule has 0 aliphatic carbocycles. The largest absolute Gasteiger partial charge is 0.481 e. The van der Waals surface area contributed by atoms with E-state index in [0.717, 1.165) is 12.0 Å². The van der Waals surface area contributed by atoms with Crippen LogP contribution in [0.5, 0.6) is 0 Å². The summed E-state index contributed by atoms with van der Waals surface area (Å²) < 4.78 is 5.12. The summed E-state index contributed by atoms with van der Waals surface area (Å²) in [6.45, 7) is 8.72. The summed E-state index contributed by atoms with van der Waals surface area (Å²) in [4.78, 5) is 10.6. The number of ether oxygens (including phenoxy) is 1. The van der Waals surface area contributed by atoms with Crippen LogP contribution in [0, 0.1) is 5.41 Å². The molecule has 0 heterocycles. The minimum absolute atomic E-state index is 0.173. The summed E-state index contributed by atoms with van der Waals surface area (Å²) in [5, 5.41) is 27.0. The van der Waals surface area contributed by atoms with Crippen LogP contribution in [0.1, 0.15) is 52.2 Å². The van der Waals surface area contributed by atoms with Crippen molar-refractivity contribution in [3.8, 4) is 0 Å². The van der Waals surface area contributed by atoms with E-state index in [0.29, 0.717) is 0 Å². The molecule has 2 aromatic rings. The van der Waals surface area contributed by atoms with Crippen molar-refractivity contribution in [1.82, 2.24) is 0 Å². The third kappa shape index (κ3) is 9.65. The highest BCUT2D eigenvalue weighted by molar-refractivity contribution is 5.67. The molecule has 2 aromatic carbocycles. The zero-order valence-corrected chi connectivity index (χ0v) is 17.3. The molecule has 5 heteroatoms. The molecule has 0 bridgehead atoms. The predicted octanol–water partition coefficient (Wildman–Crippen LogP) is 4.33. The van der Waals surface area contributed by atoms with Gasteiger partial charge in [0.05, 0.1) is 12.0 Å². The summed E-state index contributed by atoms with van der Waals surface area (Å²) >= 11 is 0. The van der Waals surface area contributed by atoms with Crippen molar-refractivity contribution in [1.29, 1.82) is 0 Å². The molecule has 0 unspecified atom stereocenters. The number of carboxylic acids is 1. The number of carboxylic acid groups (broad SMARTS) is 1. The molecule has 5 nitrogen and oxygen atoms in total. The van der Waals surface area contributed by atoms with Gasteiger partial charge in [0.1, 0.15) is 0 Å². The first-order chi connectivity index (χ1) is 12.8. The van der Waals surface area contributed by atoms with Crippen LogP contribution in [0.4, 0.5) is 0 Å². The summed E-state index contributed by atoms with van der Waals surface area (Å²) in [6, 6.07) is 19.4. The van der Waals surface area contributed by atoms with Crippen molar-refractivity contribution in [3.63, 3.8) is 0 Å². The van der Waals surface area contributed by atoms with Crippen molar-refractivity contribution in [3.05, 3.63) is 71.8 Å². The van der Waals surface area contributed by atoms with Crippen LogP contribution in [-0.2, 0) is 21.6 Å². The number of rotatable bonds is 7. The maximum Gasteiger partial charge on any atom is 0.303 e. The molecule has 0 saturated carbocycles. The Morgan fingerprint density at radius 3 is 1.75 bits per heavy atom. The number of carbonyl (C=O) groups is 1. The van der Waals surface area contributed by atoms with E-state index in [1.807, 2.05) is 74.5 Å². The van der Waals surface area contributed by atoms with Gasteiger partial charge in [0.25, 0.3) is 5.97 Å². The van der Waals surface area contributed by atoms with Crippen molar-refractivity contribution in [2.75, 3.05) is 0 Å². The lowest BCUT2D eigenvalue weighted by atomic mass is 9.83. The second kappa shape index (κ2) is 9.82. The molecular weight excluding hydrogens is 356 g/mol. The number of hydrogen-bond donors (Lipinski definition) is 3. The van der Waals surface area contributed by atoms with E-state index < -0.39 is 17.5 Å².